The van der Waals surface area contributed by atoms with E-state index in [9.17, 15) is 4.79 Å². The molecule has 0 aromatic carbocycles. The topological polar surface area (TPSA) is 29.1 Å². The molecule has 0 aromatic rings. The molecule has 0 bridgehead atoms. The lowest BCUT2D eigenvalue weighted by atomic mass is 10.8. The van der Waals surface area contributed by atoms with E-state index in [1.807, 2.05) is 0 Å². The summed E-state index contributed by atoms with van der Waals surface area (Å²) in [4.78, 5) is 9.82. The largest absolute Gasteiger partial charge is 0.341 e. The maximum atomic E-state index is 9.82. The van der Waals surface area contributed by atoms with E-state index in [1.165, 1.54) is 6.92 Å². The first-order valence-corrected chi connectivity index (χ1v) is 1.70. The van der Waals surface area contributed by atoms with Crippen LogP contribution in [0.2, 0.25) is 0 Å². The maximum absolute atomic E-state index is 9.82. The Hall–Kier alpha value is -0.100. The van der Waals surface area contributed by atoms with Gasteiger partial charge in [0.2, 0.25) is 5.91 Å². The summed E-state index contributed by atoms with van der Waals surface area (Å²) in [5, 5.41) is 2.26. The van der Waals surface area contributed by atoms with Crippen LogP contribution in [0, 0.1) is 0 Å². The van der Waals surface area contributed by atoms with Gasteiger partial charge in [0.1, 0.15) is 0 Å². The lowest BCUT2D eigenvalue weighted by molar-refractivity contribution is -0.117. The monoisotopic (exact) mass is 93.0 g/mol. The van der Waals surface area contributed by atoms with Crippen LogP contribution in [0.3, 0.4) is 0 Å². The predicted octanol–water partition coefficient (Wildman–Crippen LogP) is -0.0874. The molecule has 1 N–H and O–H groups in total. The van der Waals surface area contributed by atoms with E-state index in [0.717, 1.165) is 0 Å². The third-order valence-electron chi connectivity index (χ3n) is 0.176. The quantitative estimate of drug-likeness (QED) is 0.451. The molecule has 0 aliphatic rings. The van der Waals surface area contributed by atoms with Crippen LogP contribution in [-0.2, 0) is 4.79 Å². The number of hydrogen-bond donors (Lipinski definition) is 1. The Morgan fingerprint density at radius 3 is 3.00 bits per heavy atom. The highest BCUT2D eigenvalue weighted by Crippen LogP contribution is 1.63. The fourth-order valence-corrected chi connectivity index (χ4v) is 0. The molecule has 0 aromatic heterocycles. The first-order chi connectivity index (χ1) is 2.77. The Balaban J connectivity index is 2.83. The summed E-state index contributed by atoms with van der Waals surface area (Å²) in [7, 11) is -0.211. The average Bonchev–Trinajstić information content (AvgIpc) is 1.35. The average molecular weight is 93.1 g/mol. The molecule has 0 heterocycles. The van der Waals surface area contributed by atoms with Crippen LogP contribution in [0.1, 0.15) is 6.92 Å². The van der Waals surface area contributed by atoms with E-state index >= 15 is 0 Å². The normalized spacial score (nSPS) is 11.8. The molecule has 0 spiro atoms. The van der Waals surface area contributed by atoms with Crippen LogP contribution in [0.4, 0.5) is 0 Å². The SMILES string of the molecule is [3H]PNC(C)=O. The summed E-state index contributed by atoms with van der Waals surface area (Å²) in [6.45, 7) is 1.39. The van der Waals surface area contributed by atoms with Crippen LogP contribution in [-0.4, -0.2) is 7.19 Å². The van der Waals surface area contributed by atoms with Crippen molar-refractivity contribution in [2.24, 2.45) is 0 Å². The van der Waals surface area contributed by atoms with Gasteiger partial charge in [-0.2, -0.15) is 0 Å². The second kappa shape index (κ2) is 2.16. The fourth-order valence-electron chi connectivity index (χ4n) is 0. The van der Waals surface area contributed by atoms with Crippen molar-refractivity contribution in [3.8, 4) is 0 Å². The van der Waals surface area contributed by atoms with Crippen molar-refractivity contribution in [3.63, 3.8) is 0 Å². The molecule has 0 saturated carbocycles. The Morgan fingerprint density at radius 1 is 2.40 bits per heavy atom. The molecule has 0 fully saturated rings. The molecule has 3 heteroatoms. The van der Waals surface area contributed by atoms with E-state index in [1.54, 1.807) is 0 Å². The van der Waals surface area contributed by atoms with E-state index in [4.69, 9.17) is 1.28 Å². The number of nitrogens with one attached hydrogen (secondary N) is 1. The Bertz CT molecular complexity index is 57.5. The smallest absolute Gasteiger partial charge is 0.219 e. The third kappa shape index (κ3) is 3.90. The zero-order chi connectivity index (χ0) is 4.99. The number of carbonyl (C=O) groups is 1. The standard InChI is InChI=1S/C2H6NOP/c1-2(4)3-5/h5H2,1H3,(H,3,4)/i5T. The van der Waals surface area contributed by atoms with Gasteiger partial charge in [0.15, 0.2) is 0 Å². The number of rotatable bonds is 1. The molecule has 0 rings (SSSR count). The zero-order valence-corrected chi connectivity index (χ0v) is 3.91. The van der Waals surface area contributed by atoms with Crippen molar-refractivity contribution in [1.82, 2.24) is 5.09 Å². The molecule has 0 radical (unpaired) electrons. The molecule has 1 unspecified atom stereocenters. The molecule has 30 valence electrons. The number of amides is 1. The molecule has 0 saturated heterocycles. The van der Waals surface area contributed by atoms with Crippen molar-refractivity contribution >= 4 is 15.2 Å². The molecule has 0 aliphatic carbocycles. The highest BCUT2D eigenvalue weighted by Gasteiger charge is 1.72. The lowest BCUT2D eigenvalue weighted by Gasteiger charge is -1.79. The van der Waals surface area contributed by atoms with Crippen LogP contribution < -0.4 is 5.09 Å². The van der Waals surface area contributed by atoms with Crippen molar-refractivity contribution in [3.05, 3.63) is 0 Å². The van der Waals surface area contributed by atoms with Crippen molar-refractivity contribution in [2.45, 2.75) is 6.92 Å². The van der Waals surface area contributed by atoms with E-state index < -0.39 is 0 Å². The Kier molecular flexibility index (Phi) is 1.34. The van der Waals surface area contributed by atoms with Gasteiger partial charge in [0.05, 0.1) is 1.28 Å². The highest BCUT2D eigenvalue weighted by molar-refractivity contribution is 7.15. The van der Waals surface area contributed by atoms with Crippen LogP contribution in [0.15, 0.2) is 0 Å². The Morgan fingerprint density at radius 2 is 3.00 bits per heavy atom. The zero-order valence-electron chi connectivity index (χ0n) is 3.91. The van der Waals surface area contributed by atoms with Crippen molar-refractivity contribution in [1.29, 1.82) is 1.28 Å². The van der Waals surface area contributed by atoms with Gasteiger partial charge in [-0.3, -0.25) is 4.79 Å². The molecule has 5 heavy (non-hydrogen) atoms. The van der Waals surface area contributed by atoms with Gasteiger partial charge in [-0.1, -0.05) is 0 Å². The van der Waals surface area contributed by atoms with E-state index in [0.29, 0.717) is 0 Å². The number of hydrogen-bond acceptors (Lipinski definition) is 1. The minimum atomic E-state index is -0.211. The predicted molar refractivity (Wildman–Crippen MR) is 23.5 cm³/mol. The molecule has 2 nitrogen and oxygen atoms in total. The van der Waals surface area contributed by atoms with Gasteiger partial charge in [-0.15, -0.1) is 0 Å². The van der Waals surface area contributed by atoms with E-state index in [2.05, 4.69) is 5.09 Å². The van der Waals surface area contributed by atoms with Gasteiger partial charge < -0.3 is 5.09 Å². The van der Waals surface area contributed by atoms with Gasteiger partial charge in [-0.25, -0.2) is 0 Å². The molecule has 1 atom stereocenters. The second-order valence-electron chi connectivity index (χ2n) is 0.681. The molecular formula is C2H6NOP. The summed E-state index contributed by atoms with van der Waals surface area (Å²) < 4.78 is 6.43. The van der Waals surface area contributed by atoms with Gasteiger partial charge in [-0.05, 0) is 9.34 Å². The maximum Gasteiger partial charge on any atom is 0.219 e. The van der Waals surface area contributed by atoms with Gasteiger partial charge in [0, 0.05) is 6.92 Å². The highest BCUT2D eigenvalue weighted by atomic mass is 31.0. The van der Waals surface area contributed by atoms with Crippen molar-refractivity contribution in [2.75, 3.05) is 0 Å². The van der Waals surface area contributed by atoms with Gasteiger partial charge in [0.25, 0.3) is 0 Å². The molecule has 1 amide bonds. The van der Waals surface area contributed by atoms with E-state index in [-0.39, 0.29) is 15.2 Å². The minimum Gasteiger partial charge on any atom is -0.341 e. The summed E-state index contributed by atoms with van der Waals surface area (Å²) in [6, 6.07) is 0. The van der Waals surface area contributed by atoms with Crippen molar-refractivity contribution < 1.29 is 4.79 Å². The third-order valence-corrected chi connectivity index (χ3v) is 0.528. The lowest BCUT2D eigenvalue weighted by Crippen LogP contribution is -2.03. The van der Waals surface area contributed by atoms with Crippen LogP contribution in [0.5, 0.6) is 0 Å². The summed E-state index contributed by atoms with van der Waals surface area (Å²) >= 11 is 0. The number of carbonyl (C=O) groups excluding carboxylic acids is 1. The second-order valence-corrected chi connectivity index (χ2v) is 0.931. The minimum absolute atomic E-state index is 0.136. The first kappa shape index (κ1) is 3.10. The first-order valence-electron chi connectivity index (χ1n) is 1.70. The Labute approximate surface area is 34.5 Å². The van der Waals surface area contributed by atoms with Crippen LogP contribution in [0.25, 0.3) is 0 Å². The molecular weight excluding hydrogens is 85.0 g/mol. The van der Waals surface area contributed by atoms with Gasteiger partial charge >= 0.3 is 0 Å². The van der Waals surface area contributed by atoms with Crippen LogP contribution >= 0.6 is 9.34 Å². The fraction of sp³-hybridized carbons (Fsp3) is 0.500. The summed E-state index contributed by atoms with van der Waals surface area (Å²) in [5.41, 5.74) is 0. The summed E-state index contributed by atoms with van der Waals surface area (Å²) in [6.07, 6.45) is 0. The summed E-state index contributed by atoms with van der Waals surface area (Å²) in [5.74, 6) is -0.136. The molecule has 0 aliphatic heterocycles.